The van der Waals surface area contributed by atoms with E-state index in [9.17, 15) is 4.39 Å². The molecular weight excluding hydrogens is 199 g/mol. The highest BCUT2D eigenvalue weighted by Gasteiger charge is 2.08. The minimum Gasteiger partial charge on any atom is -0.471 e. The van der Waals surface area contributed by atoms with Crippen LogP contribution in [0.4, 0.5) is 4.39 Å². The molecule has 2 N–H and O–H groups in total. The molecule has 1 rings (SSSR count). The van der Waals surface area contributed by atoms with E-state index in [1.54, 1.807) is 0 Å². The Bertz CT molecular complexity index is 279. The molecule has 1 heterocycles. The summed E-state index contributed by atoms with van der Waals surface area (Å²) in [6, 6.07) is 2.75. The summed E-state index contributed by atoms with van der Waals surface area (Å²) in [6.45, 7) is 3.24. The Morgan fingerprint density at radius 3 is 2.87 bits per heavy atom. The first-order valence-electron chi connectivity index (χ1n) is 4.82. The predicted molar refractivity (Wildman–Crippen MR) is 54.2 cm³/mol. The highest BCUT2D eigenvalue weighted by Crippen LogP contribution is 2.08. The molecule has 0 saturated carbocycles. The van der Waals surface area contributed by atoms with Crippen LogP contribution in [0.1, 0.15) is 6.92 Å². The summed E-state index contributed by atoms with van der Waals surface area (Å²) in [7, 11) is 0. The Hall–Kier alpha value is -1.20. The van der Waals surface area contributed by atoms with E-state index in [2.05, 4.69) is 4.98 Å². The SMILES string of the molecule is CCOCC(CN)Oc1ccc(F)cn1. The average molecular weight is 214 g/mol. The van der Waals surface area contributed by atoms with E-state index in [4.69, 9.17) is 15.2 Å². The first-order chi connectivity index (χ1) is 7.26. The minimum atomic E-state index is -0.392. The summed E-state index contributed by atoms with van der Waals surface area (Å²) in [5, 5.41) is 0. The fourth-order valence-corrected chi connectivity index (χ4v) is 1.00. The zero-order chi connectivity index (χ0) is 11.1. The molecule has 1 aromatic heterocycles. The lowest BCUT2D eigenvalue weighted by Gasteiger charge is -2.15. The van der Waals surface area contributed by atoms with Crippen LogP contribution in [0.3, 0.4) is 0 Å². The zero-order valence-corrected chi connectivity index (χ0v) is 8.65. The Kier molecular flexibility index (Phi) is 5.00. The highest BCUT2D eigenvalue weighted by atomic mass is 19.1. The van der Waals surface area contributed by atoms with Gasteiger partial charge in [-0.2, -0.15) is 0 Å². The van der Waals surface area contributed by atoms with Crippen LogP contribution in [0.5, 0.6) is 5.88 Å². The molecule has 1 aromatic rings. The second-order valence-electron chi connectivity index (χ2n) is 2.95. The standard InChI is InChI=1S/C10H15FN2O2/c1-2-14-7-9(5-12)15-10-4-3-8(11)6-13-10/h3-4,6,9H,2,5,7,12H2,1H3. The lowest BCUT2D eigenvalue weighted by atomic mass is 10.4. The van der Waals surface area contributed by atoms with E-state index in [1.807, 2.05) is 6.92 Å². The van der Waals surface area contributed by atoms with Gasteiger partial charge in [0.05, 0.1) is 12.8 Å². The van der Waals surface area contributed by atoms with Crippen molar-refractivity contribution < 1.29 is 13.9 Å². The van der Waals surface area contributed by atoms with Crippen LogP contribution in [0.25, 0.3) is 0 Å². The smallest absolute Gasteiger partial charge is 0.213 e. The number of hydrogen-bond acceptors (Lipinski definition) is 4. The van der Waals surface area contributed by atoms with Crippen LogP contribution in [0.15, 0.2) is 18.3 Å². The molecule has 0 aliphatic heterocycles. The third-order valence-electron chi connectivity index (χ3n) is 1.76. The fourth-order valence-electron chi connectivity index (χ4n) is 1.00. The van der Waals surface area contributed by atoms with Crippen molar-refractivity contribution in [1.82, 2.24) is 4.98 Å². The number of nitrogens with zero attached hydrogens (tertiary/aromatic N) is 1. The molecule has 0 aliphatic rings. The van der Waals surface area contributed by atoms with Gasteiger partial charge in [0, 0.05) is 19.2 Å². The molecule has 0 fully saturated rings. The van der Waals surface area contributed by atoms with Crippen LogP contribution in [-0.4, -0.2) is 30.8 Å². The Morgan fingerprint density at radius 2 is 2.33 bits per heavy atom. The molecule has 4 nitrogen and oxygen atoms in total. The highest BCUT2D eigenvalue weighted by molar-refractivity contribution is 5.11. The van der Waals surface area contributed by atoms with Gasteiger partial charge in [-0.1, -0.05) is 0 Å². The lowest BCUT2D eigenvalue weighted by molar-refractivity contribution is 0.0584. The van der Waals surface area contributed by atoms with Crippen LogP contribution >= 0.6 is 0 Å². The summed E-state index contributed by atoms with van der Waals surface area (Å²) >= 11 is 0. The van der Waals surface area contributed by atoms with E-state index < -0.39 is 5.82 Å². The van der Waals surface area contributed by atoms with Crippen molar-refractivity contribution in [3.63, 3.8) is 0 Å². The first-order valence-corrected chi connectivity index (χ1v) is 4.82. The Morgan fingerprint density at radius 1 is 1.53 bits per heavy atom. The van der Waals surface area contributed by atoms with Gasteiger partial charge in [-0.3, -0.25) is 0 Å². The number of halogens is 1. The van der Waals surface area contributed by atoms with Gasteiger partial charge in [0.15, 0.2) is 0 Å². The molecule has 84 valence electrons. The molecule has 1 atom stereocenters. The molecule has 0 aromatic carbocycles. The van der Waals surface area contributed by atoms with Gasteiger partial charge in [0.25, 0.3) is 0 Å². The summed E-state index contributed by atoms with van der Waals surface area (Å²) in [5.74, 6) is -0.0389. The number of nitrogens with two attached hydrogens (primary N) is 1. The van der Waals surface area contributed by atoms with E-state index in [0.717, 1.165) is 6.20 Å². The van der Waals surface area contributed by atoms with Gasteiger partial charge >= 0.3 is 0 Å². The van der Waals surface area contributed by atoms with Crippen molar-refractivity contribution in [1.29, 1.82) is 0 Å². The van der Waals surface area contributed by atoms with Crippen LogP contribution in [0, 0.1) is 5.82 Å². The largest absolute Gasteiger partial charge is 0.471 e. The van der Waals surface area contributed by atoms with Crippen LogP contribution in [0.2, 0.25) is 0 Å². The summed E-state index contributed by atoms with van der Waals surface area (Å²) in [5.41, 5.74) is 5.48. The second-order valence-corrected chi connectivity index (χ2v) is 2.95. The molecule has 1 unspecified atom stereocenters. The van der Waals surface area contributed by atoms with Crippen molar-refractivity contribution in [2.75, 3.05) is 19.8 Å². The van der Waals surface area contributed by atoms with Gasteiger partial charge in [-0.25, -0.2) is 9.37 Å². The van der Waals surface area contributed by atoms with Gasteiger partial charge in [0.2, 0.25) is 5.88 Å². The number of ether oxygens (including phenoxy) is 2. The molecule has 0 saturated heterocycles. The summed E-state index contributed by atoms with van der Waals surface area (Å²) in [6.07, 6.45) is 0.853. The first kappa shape index (κ1) is 11.9. The molecule has 15 heavy (non-hydrogen) atoms. The molecule has 0 aliphatic carbocycles. The molecule has 0 radical (unpaired) electrons. The van der Waals surface area contributed by atoms with Crippen molar-refractivity contribution in [3.8, 4) is 5.88 Å². The third kappa shape index (κ3) is 4.22. The second kappa shape index (κ2) is 6.31. The van der Waals surface area contributed by atoms with Crippen molar-refractivity contribution >= 4 is 0 Å². The van der Waals surface area contributed by atoms with E-state index in [0.29, 0.717) is 25.6 Å². The quantitative estimate of drug-likeness (QED) is 0.766. The van der Waals surface area contributed by atoms with Gasteiger partial charge < -0.3 is 15.2 Å². The predicted octanol–water partition coefficient (Wildman–Crippen LogP) is 0.963. The number of pyridine rings is 1. The Labute approximate surface area is 88.2 Å². The molecule has 0 spiro atoms. The van der Waals surface area contributed by atoms with Crippen molar-refractivity contribution in [2.24, 2.45) is 5.73 Å². The summed E-state index contributed by atoms with van der Waals surface area (Å²) in [4.78, 5) is 3.77. The van der Waals surface area contributed by atoms with Gasteiger partial charge in [0.1, 0.15) is 11.9 Å². The molecule has 0 bridgehead atoms. The monoisotopic (exact) mass is 214 g/mol. The fraction of sp³-hybridized carbons (Fsp3) is 0.500. The Balaban J connectivity index is 2.47. The van der Waals surface area contributed by atoms with E-state index in [-0.39, 0.29) is 6.10 Å². The van der Waals surface area contributed by atoms with Gasteiger partial charge in [-0.15, -0.1) is 0 Å². The number of rotatable bonds is 6. The third-order valence-corrected chi connectivity index (χ3v) is 1.76. The molecular formula is C10H15FN2O2. The lowest BCUT2D eigenvalue weighted by Crippen LogP contribution is -2.31. The topological polar surface area (TPSA) is 57.4 Å². The zero-order valence-electron chi connectivity index (χ0n) is 8.65. The average Bonchev–Trinajstić information content (AvgIpc) is 2.27. The maximum absolute atomic E-state index is 12.5. The van der Waals surface area contributed by atoms with Crippen molar-refractivity contribution in [2.45, 2.75) is 13.0 Å². The van der Waals surface area contributed by atoms with Gasteiger partial charge in [-0.05, 0) is 13.0 Å². The van der Waals surface area contributed by atoms with E-state index >= 15 is 0 Å². The minimum absolute atomic E-state index is 0.247. The van der Waals surface area contributed by atoms with Crippen LogP contribution < -0.4 is 10.5 Å². The number of hydrogen-bond donors (Lipinski definition) is 1. The van der Waals surface area contributed by atoms with E-state index in [1.165, 1.54) is 12.1 Å². The summed E-state index contributed by atoms with van der Waals surface area (Å²) < 4.78 is 23.1. The van der Waals surface area contributed by atoms with Crippen molar-refractivity contribution in [3.05, 3.63) is 24.1 Å². The van der Waals surface area contributed by atoms with Crippen LogP contribution in [-0.2, 0) is 4.74 Å². The molecule has 0 amide bonds. The normalized spacial score (nSPS) is 12.5. The maximum Gasteiger partial charge on any atom is 0.213 e. The molecule has 5 heteroatoms. The number of aromatic nitrogens is 1. The maximum atomic E-state index is 12.5.